The zero-order chi connectivity index (χ0) is 6.81. The third-order valence-electron chi connectivity index (χ3n) is 2.52. The summed E-state index contributed by atoms with van der Waals surface area (Å²) in [5.41, 5.74) is 1.50. The molecule has 71 valence electrons. The molecule has 13 heavy (non-hydrogen) atoms. The largest absolute Gasteiger partial charge is 3.00 e. The van der Waals surface area contributed by atoms with Crippen LogP contribution >= 0.6 is 0 Å². The first-order valence-electron chi connectivity index (χ1n) is 4.24. The van der Waals surface area contributed by atoms with E-state index in [2.05, 4.69) is 18.2 Å². The molecule has 0 aromatic heterocycles. The fraction of sp³-hybridized carbons (Fsp3) is 0.600. The average molecular weight is 341 g/mol. The Morgan fingerprint density at radius 3 is 2.23 bits per heavy atom. The van der Waals surface area contributed by atoms with E-state index in [1.165, 1.54) is 31.3 Å². The molecule has 0 aromatic carbocycles. The van der Waals surface area contributed by atoms with Gasteiger partial charge in [-0.05, 0) is 18.8 Å². The van der Waals surface area contributed by atoms with Crippen LogP contribution in [-0.2, 0) is 21.7 Å². The van der Waals surface area contributed by atoms with Crippen molar-refractivity contribution in [3.05, 3.63) is 23.8 Å². The maximum atomic E-state index is 3.40. The zero-order valence-electron chi connectivity index (χ0n) is 7.52. The molecule has 1 radical (unpaired) electrons. The summed E-state index contributed by atoms with van der Waals surface area (Å²) in [5, 5.41) is 0. The fourth-order valence-electron chi connectivity index (χ4n) is 1.94. The van der Waals surface area contributed by atoms with Gasteiger partial charge in [0.25, 0.3) is 0 Å². The Labute approximate surface area is 117 Å². The van der Waals surface area contributed by atoms with Crippen molar-refractivity contribution in [2.45, 2.75) is 32.1 Å². The molecule has 0 nitrogen and oxygen atoms in total. The van der Waals surface area contributed by atoms with Crippen molar-refractivity contribution in [2.75, 3.05) is 0 Å². The Bertz CT molecular complexity index is 181. The van der Waals surface area contributed by atoms with Gasteiger partial charge < -0.3 is 34.0 Å². The second-order valence-electron chi connectivity index (χ2n) is 3.22. The number of rotatable bonds is 1. The van der Waals surface area contributed by atoms with Crippen LogP contribution in [0, 0.1) is 12.0 Å². The van der Waals surface area contributed by atoms with Crippen molar-refractivity contribution in [3.63, 3.8) is 0 Å². The van der Waals surface area contributed by atoms with Crippen LogP contribution in [-0.4, -0.2) is 0 Å². The third kappa shape index (κ3) is 4.46. The summed E-state index contributed by atoms with van der Waals surface area (Å²) >= 11 is 0. The van der Waals surface area contributed by atoms with Crippen molar-refractivity contribution in [1.82, 2.24) is 0 Å². The summed E-state index contributed by atoms with van der Waals surface area (Å²) in [6.45, 7) is 0. The Kier molecular flexibility index (Phi) is 10.8. The fourth-order valence-corrected chi connectivity index (χ4v) is 1.94. The Hall–Kier alpha value is 1.15. The van der Waals surface area contributed by atoms with E-state index in [9.17, 15) is 0 Å². The molecule has 2 aliphatic rings. The molecule has 0 amide bonds. The summed E-state index contributed by atoms with van der Waals surface area (Å²) in [4.78, 5) is 0. The molecule has 1 fully saturated rings. The van der Waals surface area contributed by atoms with E-state index >= 15 is 0 Å². The summed E-state index contributed by atoms with van der Waals surface area (Å²) < 4.78 is 0. The Balaban J connectivity index is 0. The van der Waals surface area contributed by atoms with Crippen LogP contribution in [0.5, 0.6) is 0 Å². The van der Waals surface area contributed by atoms with Gasteiger partial charge in [-0.1, -0.05) is 12.8 Å². The van der Waals surface area contributed by atoms with Gasteiger partial charge in [-0.2, -0.15) is 6.08 Å². The van der Waals surface area contributed by atoms with Crippen molar-refractivity contribution in [2.24, 2.45) is 5.92 Å². The summed E-state index contributed by atoms with van der Waals surface area (Å²) in [7, 11) is 0. The van der Waals surface area contributed by atoms with Crippen LogP contribution in [0.4, 0.5) is 0 Å². The third-order valence-corrected chi connectivity index (χ3v) is 2.52. The van der Waals surface area contributed by atoms with E-state index in [4.69, 9.17) is 0 Å². The molecular formula is C10H13Br2Ti. The normalized spacial score (nSPS) is 19.8. The number of hydrogen-bond donors (Lipinski definition) is 0. The van der Waals surface area contributed by atoms with Crippen LogP contribution < -0.4 is 34.0 Å². The summed E-state index contributed by atoms with van der Waals surface area (Å²) in [6.07, 6.45) is 14.6. The molecule has 0 spiro atoms. The van der Waals surface area contributed by atoms with E-state index in [1.807, 2.05) is 0 Å². The monoisotopic (exact) mass is 339 g/mol. The van der Waals surface area contributed by atoms with Gasteiger partial charge in [0.2, 0.25) is 0 Å². The van der Waals surface area contributed by atoms with Gasteiger partial charge in [-0.15, -0.1) is 6.42 Å². The second kappa shape index (κ2) is 8.46. The van der Waals surface area contributed by atoms with Crippen molar-refractivity contribution >= 4 is 0 Å². The van der Waals surface area contributed by atoms with E-state index < -0.39 is 0 Å². The molecule has 3 heteroatoms. The molecule has 0 aliphatic heterocycles. The van der Waals surface area contributed by atoms with Gasteiger partial charge in [-0.3, -0.25) is 6.08 Å². The first-order valence-corrected chi connectivity index (χ1v) is 4.24. The average Bonchev–Trinajstić information content (AvgIpc) is 2.59. The molecule has 0 N–H and O–H groups in total. The molecule has 0 saturated heterocycles. The van der Waals surface area contributed by atoms with Crippen molar-refractivity contribution in [3.8, 4) is 0 Å². The first-order chi connectivity index (χ1) is 4.97. The van der Waals surface area contributed by atoms with Crippen LogP contribution in [0.1, 0.15) is 32.1 Å². The molecular weight excluding hydrogens is 328 g/mol. The first kappa shape index (κ1) is 16.6. The molecule has 2 aliphatic carbocycles. The SMILES string of the molecule is [Br-].[Br-].[C-]1=C(C2CCCC2)C=CC1.[Ti+3]. The maximum absolute atomic E-state index is 3.40. The molecule has 0 aromatic rings. The minimum absolute atomic E-state index is 0. The minimum Gasteiger partial charge on any atom is -1.00 e. The molecule has 0 heterocycles. The van der Waals surface area contributed by atoms with Gasteiger partial charge in [0.1, 0.15) is 0 Å². The van der Waals surface area contributed by atoms with Gasteiger partial charge in [-0.25, -0.2) is 11.6 Å². The maximum Gasteiger partial charge on any atom is 3.00 e. The van der Waals surface area contributed by atoms with E-state index in [1.54, 1.807) is 0 Å². The standard InChI is InChI=1S/C10H13.2BrH.Ti/c1-2-6-9(5-1)10-7-3-4-8-10;;;/h1,5,10H,2-4,7-8H2;2*1H;/q-1;;;+3/p-2. The molecule has 1 saturated carbocycles. The number of halogens is 2. The Morgan fingerprint density at radius 2 is 1.77 bits per heavy atom. The van der Waals surface area contributed by atoms with Crippen LogP contribution in [0.3, 0.4) is 0 Å². The number of allylic oxidation sites excluding steroid dienone is 4. The minimum atomic E-state index is 0. The van der Waals surface area contributed by atoms with Gasteiger partial charge in [0, 0.05) is 0 Å². The molecule has 2 rings (SSSR count). The van der Waals surface area contributed by atoms with E-state index in [0.717, 1.165) is 12.3 Å². The molecule has 0 unspecified atom stereocenters. The predicted molar refractivity (Wildman–Crippen MR) is 42.5 cm³/mol. The van der Waals surface area contributed by atoms with Crippen LogP contribution in [0.25, 0.3) is 0 Å². The van der Waals surface area contributed by atoms with E-state index in [0.29, 0.717) is 0 Å². The van der Waals surface area contributed by atoms with Gasteiger partial charge in [0.15, 0.2) is 0 Å². The predicted octanol–water partition coefficient (Wildman–Crippen LogP) is -3.13. The summed E-state index contributed by atoms with van der Waals surface area (Å²) in [6, 6.07) is 0. The second-order valence-corrected chi connectivity index (χ2v) is 3.22. The van der Waals surface area contributed by atoms with Gasteiger partial charge in [0.05, 0.1) is 0 Å². The summed E-state index contributed by atoms with van der Waals surface area (Å²) in [5.74, 6) is 0.874. The Morgan fingerprint density at radius 1 is 1.15 bits per heavy atom. The van der Waals surface area contributed by atoms with Crippen LogP contribution in [0.15, 0.2) is 17.7 Å². The van der Waals surface area contributed by atoms with Gasteiger partial charge >= 0.3 is 21.7 Å². The quantitative estimate of drug-likeness (QED) is 0.350. The topological polar surface area (TPSA) is 0 Å². The van der Waals surface area contributed by atoms with Crippen molar-refractivity contribution < 1.29 is 55.7 Å². The molecule has 0 bridgehead atoms. The van der Waals surface area contributed by atoms with E-state index in [-0.39, 0.29) is 55.7 Å². The number of hydrogen-bond acceptors (Lipinski definition) is 0. The van der Waals surface area contributed by atoms with Crippen LogP contribution in [0.2, 0.25) is 0 Å². The van der Waals surface area contributed by atoms with Crippen molar-refractivity contribution in [1.29, 1.82) is 0 Å². The smallest absolute Gasteiger partial charge is 1.00 e. The molecule has 0 atom stereocenters. The zero-order valence-corrected chi connectivity index (χ0v) is 12.3.